The Hall–Kier alpha value is -2.44. The molecule has 2 aromatic carbocycles. The van der Waals surface area contributed by atoms with Crippen molar-refractivity contribution in [1.82, 2.24) is 15.3 Å². The maximum atomic E-state index is 13.2. The van der Waals surface area contributed by atoms with E-state index in [0.29, 0.717) is 22.9 Å². The molecule has 32 heavy (non-hydrogen) atoms. The van der Waals surface area contributed by atoms with Gasteiger partial charge in [-0.15, -0.1) is 0 Å². The molecule has 3 aromatic rings. The molecule has 0 bridgehead atoms. The Morgan fingerprint density at radius 1 is 1.06 bits per heavy atom. The number of hydrogen-bond donors (Lipinski definition) is 2. The normalized spacial score (nSPS) is 18.6. The number of halogens is 2. The van der Waals surface area contributed by atoms with Gasteiger partial charge in [0.25, 0.3) is 0 Å². The zero-order valence-electron chi connectivity index (χ0n) is 18.7. The van der Waals surface area contributed by atoms with Gasteiger partial charge in [-0.25, -0.2) is 9.37 Å². The maximum absolute atomic E-state index is 13.2. The van der Waals surface area contributed by atoms with Gasteiger partial charge >= 0.3 is 0 Å². The van der Waals surface area contributed by atoms with E-state index >= 15 is 0 Å². The minimum absolute atomic E-state index is 0.288. The molecule has 1 saturated carbocycles. The lowest BCUT2D eigenvalue weighted by Crippen LogP contribution is -2.32. The lowest BCUT2D eigenvalue weighted by molar-refractivity contribution is 0.325. The zero-order chi connectivity index (χ0) is 22.5. The molecular weight excluding hydrogens is 425 g/mol. The molecule has 1 aromatic heterocycles. The van der Waals surface area contributed by atoms with Crippen molar-refractivity contribution in [2.24, 2.45) is 5.92 Å². The van der Waals surface area contributed by atoms with Gasteiger partial charge in [0.1, 0.15) is 11.6 Å². The van der Waals surface area contributed by atoms with E-state index in [0.717, 1.165) is 54.6 Å². The van der Waals surface area contributed by atoms with E-state index < -0.39 is 0 Å². The van der Waals surface area contributed by atoms with Gasteiger partial charge in [-0.05, 0) is 80.9 Å². The molecule has 1 heterocycles. The quantitative estimate of drug-likeness (QED) is 0.452. The first-order chi connectivity index (χ1) is 15.5. The lowest BCUT2D eigenvalue weighted by Gasteiger charge is -2.29. The maximum Gasteiger partial charge on any atom is 0.225 e. The third kappa shape index (κ3) is 5.67. The molecule has 0 saturated heterocycles. The van der Waals surface area contributed by atoms with Crippen LogP contribution in [0.1, 0.15) is 31.2 Å². The predicted molar refractivity (Wildman–Crippen MR) is 131 cm³/mol. The molecule has 1 fully saturated rings. The summed E-state index contributed by atoms with van der Waals surface area (Å²) in [5, 5.41) is 8.70. The standard InChI is InChI=1S/C25H31ClFN5/c1-32(2)24-21-5-3-4-6-23(21)30-25(31-24)29-20-11-7-17(8-12-20)16-28-14-13-18-9-10-19(27)15-22(18)26/h3-6,9-10,15,17,20,28H,7-8,11-14,16H2,1-2H3,(H,29,30,31). The average Bonchev–Trinajstić information content (AvgIpc) is 2.78. The monoisotopic (exact) mass is 455 g/mol. The summed E-state index contributed by atoms with van der Waals surface area (Å²) in [5.74, 6) is 2.04. The molecule has 7 heteroatoms. The van der Waals surface area contributed by atoms with E-state index in [1.54, 1.807) is 6.07 Å². The Bertz CT molecular complexity index is 1050. The summed E-state index contributed by atoms with van der Waals surface area (Å²) in [7, 11) is 4.03. The van der Waals surface area contributed by atoms with Gasteiger partial charge in [-0.1, -0.05) is 29.8 Å². The Morgan fingerprint density at radius 3 is 2.59 bits per heavy atom. The number of anilines is 2. The van der Waals surface area contributed by atoms with Crippen LogP contribution in [0.3, 0.4) is 0 Å². The van der Waals surface area contributed by atoms with Crippen LogP contribution in [0.5, 0.6) is 0 Å². The van der Waals surface area contributed by atoms with Crippen molar-refractivity contribution in [3.63, 3.8) is 0 Å². The van der Waals surface area contributed by atoms with Crippen LogP contribution < -0.4 is 15.5 Å². The highest BCUT2D eigenvalue weighted by molar-refractivity contribution is 6.31. The highest BCUT2D eigenvalue weighted by Gasteiger charge is 2.22. The number of fused-ring (bicyclic) bond motifs is 1. The second kappa shape index (κ2) is 10.5. The number of hydrogen-bond acceptors (Lipinski definition) is 5. The zero-order valence-corrected chi connectivity index (χ0v) is 19.5. The van der Waals surface area contributed by atoms with E-state index in [1.165, 1.54) is 25.0 Å². The Balaban J connectivity index is 1.24. The van der Waals surface area contributed by atoms with Crippen LogP contribution in [0, 0.1) is 11.7 Å². The third-order valence-electron chi connectivity index (χ3n) is 6.21. The number of nitrogens with zero attached hydrogens (tertiary/aromatic N) is 3. The summed E-state index contributed by atoms with van der Waals surface area (Å²) in [4.78, 5) is 11.5. The first kappa shape index (κ1) is 22.7. The fourth-order valence-corrected chi connectivity index (χ4v) is 4.67. The molecule has 0 atom stereocenters. The van der Waals surface area contributed by atoms with Gasteiger partial charge in [0, 0.05) is 30.5 Å². The van der Waals surface area contributed by atoms with Crippen LogP contribution in [0.4, 0.5) is 16.2 Å². The van der Waals surface area contributed by atoms with Crippen LogP contribution in [-0.4, -0.2) is 43.2 Å². The number of para-hydroxylation sites is 1. The van der Waals surface area contributed by atoms with Crippen molar-refractivity contribution in [2.45, 2.75) is 38.1 Å². The van der Waals surface area contributed by atoms with E-state index in [9.17, 15) is 4.39 Å². The van der Waals surface area contributed by atoms with E-state index in [1.807, 2.05) is 37.2 Å². The fraction of sp³-hybridized carbons (Fsp3) is 0.440. The summed E-state index contributed by atoms with van der Waals surface area (Å²) in [6.07, 6.45) is 5.39. The molecule has 170 valence electrons. The summed E-state index contributed by atoms with van der Waals surface area (Å²) in [6.45, 7) is 1.85. The molecule has 0 spiro atoms. The Kier molecular flexibility index (Phi) is 7.43. The molecule has 0 aliphatic heterocycles. The van der Waals surface area contributed by atoms with Gasteiger partial charge < -0.3 is 15.5 Å². The van der Waals surface area contributed by atoms with E-state index in [-0.39, 0.29) is 5.82 Å². The van der Waals surface area contributed by atoms with Gasteiger partial charge in [-0.3, -0.25) is 0 Å². The van der Waals surface area contributed by atoms with Crippen LogP contribution >= 0.6 is 11.6 Å². The summed E-state index contributed by atoms with van der Waals surface area (Å²) in [6, 6.07) is 13.2. The summed E-state index contributed by atoms with van der Waals surface area (Å²) < 4.78 is 13.2. The summed E-state index contributed by atoms with van der Waals surface area (Å²) >= 11 is 6.11. The van der Waals surface area contributed by atoms with E-state index in [2.05, 4.69) is 16.7 Å². The van der Waals surface area contributed by atoms with E-state index in [4.69, 9.17) is 21.6 Å². The van der Waals surface area contributed by atoms with Crippen molar-refractivity contribution in [3.05, 3.63) is 58.9 Å². The second-order valence-electron chi connectivity index (χ2n) is 8.83. The van der Waals surface area contributed by atoms with Gasteiger partial charge in [-0.2, -0.15) is 4.98 Å². The molecule has 0 unspecified atom stereocenters. The predicted octanol–water partition coefficient (Wildman–Crippen LogP) is 5.29. The number of aromatic nitrogens is 2. The Labute approximate surface area is 194 Å². The van der Waals surface area contributed by atoms with Gasteiger partial charge in [0.15, 0.2) is 0 Å². The summed E-state index contributed by atoms with van der Waals surface area (Å²) in [5.41, 5.74) is 1.95. The number of rotatable bonds is 8. The molecule has 4 rings (SSSR count). The molecule has 1 aliphatic rings. The van der Waals surface area contributed by atoms with Crippen LogP contribution in [0.25, 0.3) is 10.9 Å². The number of benzene rings is 2. The van der Waals surface area contributed by atoms with Crippen LogP contribution in [-0.2, 0) is 6.42 Å². The highest BCUT2D eigenvalue weighted by Crippen LogP contribution is 2.28. The molecule has 0 amide bonds. The van der Waals surface area contributed by atoms with Crippen LogP contribution in [0.2, 0.25) is 5.02 Å². The minimum Gasteiger partial charge on any atom is -0.362 e. The third-order valence-corrected chi connectivity index (χ3v) is 6.56. The average molecular weight is 456 g/mol. The van der Waals surface area contributed by atoms with Gasteiger partial charge in [0.05, 0.1) is 5.52 Å². The molecule has 0 radical (unpaired) electrons. The Morgan fingerprint density at radius 2 is 1.84 bits per heavy atom. The van der Waals surface area contributed by atoms with Crippen molar-refractivity contribution >= 4 is 34.3 Å². The first-order valence-corrected chi connectivity index (χ1v) is 11.7. The van der Waals surface area contributed by atoms with Crippen molar-refractivity contribution in [2.75, 3.05) is 37.4 Å². The largest absolute Gasteiger partial charge is 0.362 e. The molecular formula is C25H31ClFN5. The molecule has 5 nitrogen and oxygen atoms in total. The smallest absolute Gasteiger partial charge is 0.225 e. The highest BCUT2D eigenvalue weighted by atomic mass is 35.5. The second-order valence-corrected chi connectivity index (χ2v) is 9.24. The van der Waals surface area contributed by atoms with Crippen LogP contribution in [0.15, 0.2) is 42.5 Å². The fourth-order valence-electron chi connectivity index (χ4n) is 4.41. The number of nitrogens with one attached hydrogen (secondary N) is 2. The first-order valence-electron chi connectivity index (χ1n) is 11.3. The lowest BCUT2D eigenvalue weighted by atomic mass is 9.86. The topological polar surface area (TPSA) is 53.1 Å². The molecule has 2 N–H and O–H groups in total. The minimum atomic E-state index is -0.288. The van der Waals surface area contributed by atoms with Crippen molar-refractivity contribution < 1.29 is 4.39 Å². The molecule has 1 aliphatic carbocycles. The van der Waals surface area contributed by atoms with Crippen molar-refractivity contribution in [3.8, 4) is 0 Å². The van der Waals surface area contributed by atoms with Gasteiger partial charge in [0.2, 0.25) is 5.95 Å². The van der Waals surface area contributed by atoms with Crippen molar-refractivity contribution in [1.29, 1.82) is 0 Å². The SMILES string of the molecule is CN(C)c1nc(NC2CCC(CNCCc3ccc(F)cc3Cl)CC2)nc2ccccc12.